The van der Waals surface area contributed by atoms with E-state index in [9.17, 15) is 9.90 Å². The van der Waals surface area contributed by atoms with Crippen molar-refractivity contribution in [3.05, 3.63) is 65.4 Å². The number of methoxy groups -OCH3 is 1. The summed E-state index contributed by atoms with van der Waals surface area (Å²) in [4.78, 5) is 16.9. The van der Waals surface area contributed by atoms with Crippen molar-refractivity contribution >= 4 is 23.0 Å². The second kappa shape index (κ2) is 7.00. The Labute approximate surface area is 144 Å². The molecule has 2 aromatic carbocycles. The second-order valence-corrected chi connectivity index (χ2v) is 5.46. The zero-order chi connectivity index (χ0) is 17.8. The van der Waals surface area contributed by atoms with Crippen LogP contribution < -0.4 is 10.2 Å². The summed E-state index contributed by atoms with van der Waals surface area (Å²) in [6, 6.07) is 14.0. The average Bonchev–Trinajstić information content (AvgIpc) is 2.62. The highest BCUT2D eigenvalue weighted by Gasteiger charge is 2.11. The number of para-hydroxylation sites is 1. The molecule has 0 atom stereocenters. The molecule has 0 radical (unpaired) electrons. The van der Waals surface area contributed by atoms with Gasteiger partial charge in [0.15, 0.2) is 11.5 Å². The Kier molecular flexibility index (Phi) is 4.61. The topological polar surface area (TPSA) is 83.8 Å². The van der Waals surface area contributed by atoms with Gasteiger partial charge in [-0.3, -0.25) is 9.78 Å². The smallest absolute Gasteiger partial charge is 0.272 e. The van der Waals surface area contributed by atoms with Crippen molar-refractivity contribution in [3.63, 3.8) is 0 Å². The number of pyridine rings is 1. The second-order valence-electron chi connectivity index (χ2n) is 5.46. The molecule has 0 aliphatic rings. The first-order valence-electron chi connectivity index (χ1n) is 7.65. The van der Waals surface area contributed by atoms with Gasteiger partial charge in [0.05, 0.1) is 24.4 Å². The van der Waals surface area contributed by atoms with E-state index < -0.39 is 0 Å². The number of hydrazone groups is 1. The van der Waals surface area contributed by atoms with E-state index in [0.717, 1.165) is 16.6 Å². The quantitative estimate of drug-likeness (QED) is 0.567. The molecule has 2 N–H and O–H groups in total. The Hall–Kier alpha value is -3.41. The highest BCUT2D eigenvalue weighted by atomic mass is 16.5. The summed E-state index contributed by atoms with van der Waals surface area (Å²) in [7, 11) is 1.47. The van der Waals surface area contributed by atoms with Crippen molar-refractivity contribution in [2.24, 2.45) is 5.10 Å². The fourth-order valence-electron chi connectivity index (χ4n) is 2.50. The standard InChI is InChI=1S/C19H17N3O3/c1-12-9-15(14-5-3-4-6-16(14)21-12)19(24)22-20-11-13-7-8-17(23)18(10-13)25-2/h3-11,23H,1-2H3,(H,22,24)/b20-11-. The monoisotopic (exact) mass is 335 g/mol. The van der Waals surface area contributed by atoms with E-state index >= 15 is 0 Å². The van der Waals surface area contributed by atoms with Gasteiger partial charge in [-0.25, -0.2) is 5.43 Å². The number of hydrogen-bond donors (Lipinski definition) is 2. The molecule has 1 heterocycles. The molecule has 126 valence electrons. The summed E-state index contributed by atoms with van der Waals surface area (Å²) < 4.78 is 5.04. The van der Waals surface area contributed by atoms with E-state index in [1.807, 2.05) is 31.2 Å². The number of phenols is 1. The molecule has 0 aliphatic heterocycles. The van der Waals surface area contributed by atoms with Crippen LogP contribution in [-0.2, 0) is 0 Å². The molecule has 3 aromatic rings. The molecule has 6 nitrogen and oxygen atoms in total. The molecule has 1 amide bonds. The van der Waals surface area contributed by atoms with Gasteiger partial charge in [-0.1, -0.05) is 18.2 Å². The van der Waals surface area contributed by atoms with Crippen LogP contribution in [0.3, 0.4) is 0 Å². The summed E-state index contributed by atoms with van der Waals surface area (Å²) in [6.07, 6.45) is 1.48. The first-order chi connectivity index (χ1) is 12.1. The first-order valence-corrected chi connectivity index (χ1v) is 7.65. The molecule has 0 saturated heterocycles. The van der Waals surface area contributed by atoms with E-state index in [1.54, 1.807) is 18.2 Å². The van der Waals surface area contributed by atoms with Crippen LogP contribution in [0.2, 0.25) is 0 Å². The van der Waals surface area contributed by atoms with Gasteiger partial charge in [-0.2, -0.15) is 5.10 Å². The Morgan fingerprint density at radius 1 is 1.24 bits per heavy atom. The van der Waals surface area contributed by atoms with Crippen LogP contribution in [0.4, 0.5) is 0 Å². The van der Waals surface area contributed by atoms with Gasteiger partial charge in [0, 0.05) is 11.1 Å². The van der Waals surface area contributed by atoms with Gasteiger partial charge in [0.2, 0.25) is 0 Å². The lowest BCUT2D eigenvalue weighted by Gasteiger charge is -2.06. The average molecular weight is 335 g/mol. The van der Waals surface area contributed by atoms with Gasteiger partial charge in [0.25, 0.3) is 5.91 Å². The van der Waals surface area contributed by atoms with Crippen LogP contribution in [0, 0.1) is 6.92 Å². The molecule has 0 unspecified atom stereocenters. The van der Waals surface area contributed by atoms with E-state index in [0.29, 0.717) is 16.9 Å². The van der Waals surface area contributed by atoms with Crippen LogP contribution in [0.1, 0.15) is 21.6 Å². The lowest BCUT2D eigenvalue weighted by atomic mass is 10.1. The molecule has 1 aromatic heterocycles. The lowest BCUT2D eigenvalue weighted by molar-refractivity contribution is 0.0956. The highest BCUT2D eigenvalue weighted by molar-refractivity contribution is 6.06. The predicted molar refractivity (Wildman–Crippen MR) is 96.2 cm³/mol. The number of aromatic hydroxyl groups is 1. The summed E-state index contributed by atoms with van der Waals surface area (Å²) in [5, 5.41) is 14.3. The molecule has 0 spiro atoms. The number of amides is 1. The molecule has 0 saturated carbocycles. The number of phenolic OH excluding ortho intramolecular Hbond substituents is 1. The fourth-order valence-corrected chi connectivity index (χ4v) is 2.50. The van der Waals surface area contributed by atoms with Gasteiger partial charge in [-0.15, -0.1) is 0 Å². The Morgan fingerprint density at radius 3 is 2.84 bits per heavy atom. The van der Waals surface area contributed by atoms with E-state index in [-0.39, 0.29) is 11.7 Å². The number of nitrogens with one attached hydrogen (secondary N) is 1. The Balaban J connectivity index is 1.81. The van der Waals surface area contributed by atoms with Crippen LogP contribution in [-0.4, -0.2) is 29.3 Å². The summed E-state index contributed by atoms with van der Waals surface area (Å²) in [5.41, 5.74) is 5.25. The normalized spacial score (nSPS) is 11.0. The third kappa shape index (κ3) is 3.58. The van der Waals surface area contributed by atoms with Gasteiger partial charge >= 0.3 is 0 Å². The van der Waals surface area contributed by atoms with E-state index in [4.69, 9.17) is 4.74 Å². The number of carbonyl (C=O) groups is 1. The SMILES string of the molecule is COc1cc(/C=N\NC(=O)c2cc(C)nc3ccccc23)ccc1O. The molecule has 0 bridgehead atoms. The number of carbonyl (C=O) groups excluding carboxylic acids is 1. The number of aromatic nitrogens is 1. The van der Waals surface area contributed by atoms with Gasteiger partial charge in [-0.05, 0) is 42.8 Å². The van der Waals surface area contributed by atoms with E-state index in [2.05, 4.69) is 15.5 Å². The highest BCUT2D eigenvalue weighted by Crippen LogP contribution is 2.25. The molecule has 25 heavy (non-hydrogen) atoms. The minimum absolute atomic E-state index is 0.0439. The minimum atomic E-state index is -0.316. The molecular weight excluding hydrogens is 318 g/mol. The fraction of sp³-hybridized carbons (Fsp3) is 0.105. The zero-order valence-electron chi connectivity index (χ0n) is 13.9. The maximum Gasteiger partial charge on any atom is 0.272 e. The third-order valence-corrected chi connectivity index (χ3v) is 3.67. The third-order valence-electron chi connectivity index (χ3n) is 3.67. The van der Waals surface area contributed by atoms with Crippen LogP contribution >= 0.6 is 0 Å². The van der Waals surface area contributed by atoms with Crippen LogP contribution in [0.5, 0.6) is 11.5 Å². The van der Waals surface area contributed by atoms with Crippen LogP contribution in [0.15, 0.2) is 53.6 Å². The lowest BCUT2D eigenvalue weighted by Crippen LogP contribution is -2.18. The number of nitrogens with zero attached hydrogens (tertiary/aromatic N) is 2. The Morgan fingerprint density at radius 2 is 2.04 bits per heavy atom. The van der Waals surface area contributed by atoms with Crippen molar-refractivity contribution in [2.45, 2.75) is 6.92 Å². The first kappa shape index (κ1) is 16.4. The van der Waals surface area contributed by atoms with Crippen molar-refractivity contribution in [1.82, 2.24) is 10.4 Å². The number of benzene rings is 2. The molecule has 0 fully saturated rings. The minimum Gasteiger partial charge on any atom is -0.504 e. The van der Waals surface area contributed by atoms with Crippen molar-refractivity contribution in [3.8, 4) is 11.5 Å². The van der Waals surface area contributed by atoms with E-state index in [1.165, 1.54) is 19.4 Å². The zero-order valence-corrected chi connectivity index (χ0v) is 13.9. The molecule has 6 heteroatoms. The predicted octanol–water partition coefficient (Wildman–Crippen LogP) is 3.02. The number of ether oxygens (including phenoxy) is 1. The Bertz CT molecular complexity index is 967. The summed E-state index contributed by atoms with van der Waals surface area (Å²) in [6.45, 7) is 1.84. The van der Waals surface area contributed by atoms with Gasteiger partial charge < -0.3 is 9.84 Å². The number of aryl methyl sites for hydroxylation is 1. The van der Waals surface area contributed by atoms with Crippen molar-refractivity contribution in [1.29, 1.82) is 0 Å². The summed E-state index contributed by atoms with van der Waals surface area (Å²) >= 11 is 0. The number of hydrogen-bond acceptors (Lipinski definition) is 5. The maximum absolute atomic E-state index is 12.5. The van der Waals surface area contributed by atoms with Gasteiger partial charge in [0.1, 0.15) is 0 Å². The van der Waals surface area contributed by atoms with Crippen molar-refractivity contribution < 1.29 is 14.6 Å². The summed E-state index contributed by atoms with van der Waals surface area (Å²) in [5.74, 6) is 0.0668. The van der Waals surface area contributed by atoms with Crippen molar-refractivity contribution in [2.75, 3.05) is 7.11 Å². The molecule has 3 rings (SSSR count). The van der Waals surface area contributed by atoms with Crippen LogP contribution in [0.25, 0.3) is 10.9 Å². The maximum atomic E-state index is 12.5. The molecule has 0 aliphatic carbocycles. The largest absolute Gasteiger partial charge is 0.504 e. The number of fused-ring (bicyclic) bond motifs is 1. The molecular formula is C19H17N3O3. The number of rotatable bonds is 4.